The van der Waals surface area contributed by atoms with E-state index in [0.29, 0.717) is 23.7 Å². The smallest absolute Gasteiger partial charge is 0.255 e. The Balaban J connectivity index is 1.45. The predicted octanol–water partition coefficient (Wildman–Crippen LogP) is 7.37. The monoisotopic (exact) mass is 542 g/mol. The van der Waals surface area contributed by atoms with E-state index in [1.807, 2.05) is 48.5 Å². The lowest BCUT2D eigenvalue weighted by atomic mass is 9.74. The van der Waals surface area contributed by atoms with Crippen LogP contribution in [0.1, 0.15) is 33.5 Å². The highest BCUT2D eigenvalue weighted by Gasteiger charge is 2.58. The zero-order chi connectivity index (χ0) is 26.3. The maximum atomic E-state index is 14.0. The molecule has 192 valence electrons. The number of amides is 1. The Morgan fingerprint density at radius 2 is 1.50 bits per heavy atom. The van der Waals surface area contributed by atoms with Gasteiger partial charge in [0.1, 0.15) is 11.9 Å². The van der Waals surface area contributed by atoms with Crippen molar-refractivity contribution >= 4 is 34.8 Å². The highest BCUT2D eigenvalue weighted by Crippen LogP contribution is 2.54. The summed E-state index contributed by atoms with van der Waals surface area (Å²) in [6.07, 6.45) is 1.55. The van der Waals surface area contributed by atoms with Gasteiger partial charge < -0.3 is 14.5 Å². The molecule has 1 fully saturated rings. The van der Waals surface area contributed by atoms with Crippen LogP contribution in [0.3, 0.4) is 0 Å². The highest BCUT2D eigenvalue weighted by molar-refractivity contribution is 6.30. The predicted molar refractivity (Wildman–Crippen MR) is 153 cm³/mol. The quantitative estimate of drug-likeness (QED) is 0.255. The molecule has 2 unspecified atom stereocenters. The Labute approximate surface area is 233 Å². The second kappa shape index (κ2) is 10.0. The summed E-state index contributed by atoms with van der Waals surface area (Å²) in [6.45, 7) is 1.35. The lowest BCUT2D eigenvalue weighted by Gasteiger charge is -2.39. The van der Waals surface area contributed by atoms with E-state index in [9.17, 15) is 4.79 Å². The number of rotatable bonds is 6. The first kappa shape index (κ1) is 24.8. The minimum Gasteiger partial charge on any atom is -0.497 e. The summed E-state index contributed by atoms with van der Waals surface area (Å²) in [5, 5.41) is 1.44. The Morgan fingerprint density at radius 1 is 0.868 bits per heavy atom. The van der Waals surface area contributed by atoms with Gasteiger partial charge in [0.25, 0.3) is 5.91 Å². The molecule has 6 rings (SSSR count). The molecule has 1 amide bonds. The molecule has 38 heavy (non-hydrogen) atoms. The van der Waals surface area contributed by atoms with E-state index in [2.05, 4.69) is 58.3 Å². The summed E-state index contributed by atoms with van der Waals surface area (Å²) in [5.74, 6) is 0.766. The number of halogens is 2. The number of carbonyl (C=O) groups is 1. The van der Waals surface area contributed by atoms with Crippen molar-refractivity contribution in [2.24, 2.45) is 0 Å². The van der Waals surface area contributed by atoms with Crippen LogP contribution in [0, 0.1) is 0 Å². The molecule has 4 aromatic rings. The van der Waals surface area contributed by atoms with Crippen LogP contribution >= 0.6 is 23.2 Å². The molecule has 0 aliphatic carbocycles. The van der Waals surface area contributed by atoms with Crippen molar-refractivity contribution < 1.29 is 9.53 Å². The Hall–Kier alpha value is -3.47. The maximum absolute atomic E-state index is 14.0. The molecule has 2 aliphatic rings. The number of fused-ring (bicyclic) bond motifs is 3. The maximum Gasteiger partial charge on any atom is 0.255 e. The number of hydrogen-bond acceptors (Lipinski definition) is 3. The van der Waals surface area contributed by atoms with Crippen LogP contribution in [0.5, 0.6) is 5.75 Å². The first-order valence-electron chi connectivity index (χ1n) is 12.8. The Kier molecular flexibility index (Phi) is 6.55. The third kappa shape index (κ3) is 4.32. The second-order valence-electron chi connectivity index (χ2n) is 10.1. The van der Waals surface area contributed by atoms with E-state index in [1.54, 1.807) is 7.11 Å². The van der Waals surface area contributed by atoms with E-state index >= 15 is 0 Å². The van der Waals surface area contributed by atoms with Crippen LogP contribution < -0.4 is 9.64 Å². The van der Waals surface area contributed by atoms with Gasteiger partial charge >= 0.3 is 0 Å². The number of methoxy groups -OCH3 is 1. The average Bonchev–Trinajstić information content (AvgIpc) is 3.44. The van der Waals surface area contributed by atoms with E-state index in [0.717, 1.165) is 29.2 Å². The van der Waals surface area contributed by atoms with Crippen LogP contribution in [0.15, 0.2) is 97.1 Å². The first-order valence-corrected chi connectivity index (χ1v) is 13.5. The molecule has 6 heteroatoms. The number of anilines is 1. The third-order valence-electron chi connectivity index (χ3n) is 7.93. The minimum absolute atomic E-state index is 0.0320. The van der Waals surface area contributed by atoms with E-state index in [4.69, 9.17) is 27.9 Å². The summed E-state index contributed by atoms with van der Waals surface area (Å²) in [4.78, 5) is 18.5. The highest BCUT2D eigenvalue weighted by atomic mass is 35.5. The summed E-state index contributed by atoms with van der Waals surface area (Å²) in [6, 6.07) is 32.1. The van der Waals surface area contributed by atoms with Crippen LogP contribution in [0.25, 0.3) is 0 Å². The normalized spacial score (nSPS) is 19.8. The molecule has 0 spiro atoms. The molecular formula is C32H28Cl2N2O2. The topological polar surface area (TPSA) is 32.8 Å². The number of likely N-dealkylation sites (tertiary alicyclic amines) is 1. The van der Waals surface area contributed by atoms with Crippen molar-refractivity contribution in [3.63, 3.8) is 0 Å². The molecule has 0 radical (unpaired) electrons. The molecule has 2 heterocycles. The van der Waals surface area contributed by atoms with Crippen LogP contribution in [0.4, 0.5) is 5.69 Å². The zero-order valence-corrected chi connectivity index (χ0v) is 22.6. The largest absolute Gasteiger partial charge is 0.497 e. The van der Waals surface area contributed by atoms with Gasteiger partial charge in [-0.1, -0.05) is 65.7 Å². The number of hydrogen-bond donors (Lipinski definition) is 0. The third-order valence-corrected chi connectivity index (χ3v) is 8.43. The van der Waals surface area contributed by atoms with Gasteiger partial charge in [-0.05, 0) is 84.1 Å². The van der Waals surface area contributed by atoms with Crippen molar-refractivity contribution in [2.45, 2.75) is 31.0 Å². The van der Waals surface area contributed by atoms with Crippen LogP contribution in [0.2, 0.25) is 10.0 Å². The van der Waals surface area contributed by atoms with Gasteiger partial charge in [0.15, 0.2) is 0 Å². The van der Waals surface area contributed by atoms with Gasteiger partial charge in [0, 0.05) is 39.8 Å². The zero-order valence-electron chi connectivity index (χ0n) is 21.1. The fraction of sp³-hybridized carbons (Fsp3) is 0.219. The minimum atomic E-state index is -0.251. The van der Waals surface area contributed by atoms with E-state index in [-0.39, 0.29) is 17.5 Å². The van der Waals surface area contributed by atoms with Crippen molar-refractivity contribution in [1.29, 1.82) is 0 Å². The van der Waals surface area contributed by atoms with E-state index in [1.165, 1.54) is 16.8 Å². The first-order chi connectivity index (χ1) is 18.5. The Bertz CT molecular complexity index is 1450. The van der Waals surface area contributed by atoms with Gasteiger partial charge in [-0.25, -0.2) is 0 Å². The van der Waals surface area contributed by atoms with Crippen molar-refractivity contribution in [1.82, 2.24) is 4.90 Å². The Morgan fingerprint density at radius 3 is 2.16 bits per heavy atom. The fourth-order valence-corrected chi connectivity index (χ4v) is 6.45. The molecule has 2 aliphatic heterocycles. The SMILES string of the molecule is COc1ccc(C(=O)N2CCC3(Cc4ccc(Cl)cc4)c4ccccc4N(Cc4ccc(Cl)cc4)C23)cc1. The van der Waals surface area contributed by atoms with Crippen molar-refractivity contribution in [2.75, 3.05) is 18.6 Å². The molecule has 0 saturated carbocycles. The van der Waals surface area contributed by atoms with E-state index < -0.39 is 0 Å². The van der Waals surface area contributed by atoms with Gasteiger partial charge in [-0.15, -0.1) is 0 Å². The molecular weight excluding hydrogens is 515 g/mol. The summed E-state index contributed by atoms with van der Waals surface area (Å²) >= 11 is 12.4. The lowest BCUT2D eigenvalue weighted by molar-refractivity contribution is 0.0709. The summed E-state index contributed by atoms with van der Waals surface area (Å²) in [5.41, 5.74) is 5.23. The number of para-hydroxylation sites is 1. The molecule has 1 saturated heterocycles. The van der Waals surface area contributed by atoms with Crippen molar-refractivity contribution in [3.8, 4) is 5.75 Å². The number of carbonyl (C=O) groups excluding carboxylic acids is 1. The molecule has 0 N–H and O–H groups in total. The van der Waals surface area contributed by atoms with Crippen LogP contribution in [-0.2, 0) is 18.4 Å². The lowest BCUT2D eigenvalue weighted by Crippen LogP contribution is -2.52. The molecule has 4 aromatic carbocycles. The van der Waals surface area contributed by atoms with Gasteiger partial charge in [-0.2, -0.15) is 0 Å². The summed E-state index contributed by atoms with van der Waals surface area (Å²) < 4.78 is 5.32. The summed E-state index contributed by atoms with van der Waals surface area (Å²) in [7, 11) is 1.63. The molecule has 0 aromatic heterocycles. The van der Waals surface area contributed by atoms with Gasteiger partial charge in [0.05, 0.1) is 7.11 Å². The fourth-order valence-electron chi connectivity index (χ4n) is 6.20. The standard InChI is InChI=1S/C32H28Cl2N2O2/c1-38-27-16-10-24(11-17-27)30(37)35-19-18-32(20-22-6-12-25(33)13-7-22)28-4-2-3-5-29(28)36(31(32)35)21-23-8-14-26(34)15-9-23/h2-17,31H,18-21H2,1H3. The number of nitrogens with zero attached hydrogens (tertiary/aromatic N) is 2. The van der Waals surface area contributed by atoms with Crippen LogP contribution in [-0.4, -0.2) is 30.6 Å². The van der Waals surface area contributed by atoms with Gasteiger partial charge in [0.2, 0.25) is 0 Å². The van der Waals surface area contributed by atoms with Gasteiger partial charge in [-0.3, -0.25) is 4.79 Å². The van der Waals surface area contributed by atoms with Crippen molar-refractivity contribution in [3.05, 3.63) is 129 Å². The average molecular weight is 543 g/mol. The molecule has 0 bridgehead atoms. The molecule has 2 atom stereocenters. The number of benzene rings is 4. The second-order valence-corrected chi connectivity index (χ2v) is 11.0. The molecule has 4 nitrogen and oxygen atoms in total. The number of ether oxygens (including phenoxy) is 1.